The fraction of sp³-hybridized carbons (Fsp3) is 0.333. The lowest BCUT2D eigenvalue weighted by molar-refractivity contribution is -0.119. The van der Waals surface area contributed by atoms with Crippen molar-refractivity contribution >= 4 is 17.2 Å². The van der Waals surface area contributed by atoms with Crippen molar-refractivity contribution in [2.45, 2.75) is 39.7 Å². The van der Waals surface area contributed by atoms with Crippen LogP contribution in [-0.4, -0.2) is 17.5 Å². The third-order valence-corrected chi connectivity index (χ3v) is 5.76. The molecule has 1 fully saturated rings. The number of nitrogens with one attached hydrogen (secondary N) is 1. The van der Waals surface area contributed by atoms with Gasteiger partial charge in [0.05, 0.1) is 18.8 Å². The van der Waals surface area contributed by atoms with Crippen LogP contribution in [0, 0.1) is 12.8 Å². The highest BCUT2D eigenvalue weighted by Crippen LogP contribution is 2.36. The minimum absolute atomic E-state index is 0.0521. The first-order valence-corrected chi connectivity index (χ1v) is 11.2. The maximum Gasteiger partial charge on any atom is 0.282 e. The molecule has 1 aliphatic rings. The van der Waals surface area contributed by atoms with Gasteiger partial charge in [-0.2, -0.15) is 0 Å². The molecule has 31 heavy (non-hydrogen) atoms. The zero-order valence-electron chi connectivity index (χ0n) is 17.9. The lowest BCUT2D eigenvalue weighted by Gasteiger charge is -2.13. The summed E-state index contributed by atoms with van der Waals surface area (Å²) in [5.74, 6) is 2.98. The van der Waals surface area contributed by atoms with E-state index in [1.165, 1.54) is 31.1 Å². The summed E-state index contributed by atoms with van der Waals surface area (Å²) in [5.41, 5.74) is 2.01. The number of carbonyl (C=O) groups is 1. The summed E-state index contributed by atoms with van der Waals surface area (Å²) in [6.07, 6.45) is 4.19. The van der Waals surface area contributed by atoms with Crippen molar-refractivity contribution in [1.82, 2.24) is 10.3 Å². The minimum atomic E-state index is -0.0549. The van der Waals surface area contributed by atoms with Gasteiger partial charge in [0.25, 0.3) is 5.19 Å². The zero-order valence-corrected chi connectivity index (χ0v) is 18.7. The van der Waals surface area contributed by atoms with Gasteiger partial charge in [0, 0.05) is 6.92 Å². The molecule has 0 spiro atoms. The Kier molecular flexibility index (Phi) is 6.42. The highest BCUT2D eigenvalue weighted by Gasteiger charge is 2.22. The van der Waals surface area contributed by atoms with Crippen LogP contribution in [0.4, 0.5) is 0 Å². The molecule has 1 saturated carbocycles. The van der Waals surface area contributed by atoms with E-state index in [1.807, 2.05) is 56.3 Å². The molecular weight excluding hydrogens is 412 g/mol. The molecule has 0 radical (unpaired) electrons. The van der Waals surface area contributed by atoms with Gasteiger partial charge >= 0.3 is 0 Å². The molecule has 2 aromatic carbocycles. The number of nitrogens with zero attached hydrogens (tertiary/aromatic N) is 1. The molecule has 1 amide bonds. The van der Waals surface area contributed by atoms with Gasteiger partial charge in [0.2, 0.25) is 11.0 Å². The van der Waals surface area contributed by atoms with Crippen LogP contribution in [0.3, 0.4) is 0 Å². The Morgan fingerprint density at radius 1 is 1.16 bits per heavy atom. The van der Waals surface area contributed by atoms with Gasteiger partial charge in [-0.3, -0.25) is 4.79 Å². The summed E-state index contributed by atoms with van der Waals surface area (Å²) in [6.45, 7) is 6.24. The molecule has 162 valence electrons. The van der Waals surface area contributed by atoms with Crippen molar-refractivity contribution in [3.63, 3.8) is 0 Å². The van der Waals surface area contributed by atoms with Crippen LogP contribution in [0.25, 0.3) is 0 Å². The van der Waals surface area contributed by atoms with Crippen molar-refractivity contribution in [3.05, 3.63) is 59.8 Å². The highest BCUT2D eigenvalue weighted by atomic mass is 32.1. The summed E-state index contributed by atoms with van der Waals surface area (Å²) in [7, 11) is 0. The molecule has 1 atom stereocenters. The Balaban J connectivity index is 1.34. The topological polar surface area (TPSA) is 69.7 Å². The Bertz CT molecular complexity index is 1040. The maximum absolute atomic E-state index is 11.2. The van der Waals surface area contributed by atoms with Crippen LogP contribution in [0.1, 0.15) is 43.9 Å². The predicted molar refractivity (Wildman–Crippen MR) is 120 cm³/mol. The van der Waals surface area contributed by atoms with Crippen molar-refractivity contribution in [2.24, 2.45) is 5.92 Å². The number of benzene rings is 2. The summed E-state index contributed by atoms with van der Waals surface area (Å²) >= 11 is 1.33. The van der Waals surface area contributed by atoms with E-state index in [4.69, 9.17) is 14.2 Å². The van der Waals surface area contributed by atoms with Crippen LogP contribution >= 0.6 is 11.3 Å². The highest BCUT2D eigenvalue weighted by molar-refractivity contribution is 7.15. The molecule has 0 aliphatic heterocycles. The van der Waals surface area contributed by atoms with E-state index >= 15 is 0 Å². The molecule has 4 rings (SSSR count). The number of amides is 1. The SMILES string of the molecule is CC(=O)NC(C)c1ccc(Oc2cnc(Oc3ccc(OCC4CC4)cc3C)s2)cc1. The van der Waals surface area contributed by atoms with Gasteiger partial charge in [0.1, 0.15) is 17.2 Å². The van der Waals surface area contributed by atoms with E-state index in [-0.39, 0.29) is 11.9 Å². The third kappa shape index (κ3) is 5.98. The number of ether oxygens (including phenoxy) is 3. The Hall–Kier alpha value is -3.06. The number of rotatable bonds is 9. The van der Waals surface area contributed by atoms with Gasteiger partial charge in [-0.15, -0.1) is 0 Å². The van der Waals surface area contributed by atoms with E-state index in [0.717, 1.165) is 35.2 Å². The van der Waals surface area contributed by atoms with E-state index in [2.05, 4.69) is 10.3 Å². The minimum Gasteiger partial charge on any atom is -0.493 e. The Labute approximate surface area is 186 Å². The number of aryl methyl sites for hydroxylation is 1. The van der Waals surface area contributed by atoms with Crippen molar-refractivity contribution in [1.29, 1.82) is 0 Å². The Morgan fingerprint density at radius 3 is 2.58 bits per heavy atom. The number of hydrogen-bond donors (Lipinski definition) is 1. The lowest BCUT2D eigenvalue weighted by Crippen LogP contribution is -2.23. The molecule has 7 heteroatoms. The molecule has 0 saturated heterocycles. The molecule has 6 nitrogen and oxygen atoms in total. The average Bonchev–Trinajstić information content (AvgIpc) is 3.47. The second kappa shape index (κ2) is 9.39. The summed E-state index contributed by atoms with van der Waals surface area (Å²) in [5, 5.41) is 4.02. The van der Waals surface area contributed by atoms with Crippen molar-refractivity contribution in [3.8, 4) is 27.5 Å². The predicted octanol–water partition coefficient (Wildman–Crippen LogP) is 6.02. The van der Waals surface area contributed by atoms with Gasteiger partial charge < -0.3 is 19.5 Å². The zero-order chi connectivity index (χ0) is 21.8. The van der Waals surface area contributed by atoms with Crippen LogP contribution in [0.15, 0.2) is 48.7 Å². The average molecular weight is 439 g/mol. The second-order valence-corrected chi connectivity index (χ2v) is 8.78. The molecule has 1 N–H and O–H groups in total. The third-order valence-electron chi connectivity index (χ3n) is 5.01. The van der Waals surface area contributed by atoms with Gasteiger partial charge in [-0.25, -0.2) is 4.98 Å². The van der Waals surface area contributed by atoms with Crippen molar-refractivity contribution in [2.75, 3.05) is 6.61 Å². The normalized spacial score (nSPS) is 14.0. The van der Waals surface area contributed by atoms with Crippen LogP contribution in [0.2, 0.25) is 0 Å². The number of aromatic nitrogens is 1. The van der Waals surface area contributed by atoms with Crippen LogP contribution in [-0.2, 0) is 4.79 Å². The van der Waals surface area contributed by atoms with E-state index in [1.54, 1.807) is 6.20 Å². The summed E-state index contributed by atoms with van der Waals surface area (Å²) in [6, 6.07) is 13.4. The van der Waals surface area contributed by atoms with Crippen LogP contribution in [0.5, 0.6) is 27.5 Å². The van der Waals surface area contributed by atoms with Gasteiger partial charge in [-0.05, 0) is 85.4 Å². The fourth-order valence-corrected chi connectivity index (χ4v) is 3.74. The lowest BCUT2D eigenvalue weighted by atomic mass is 10.1. The smallest absolute Gasteiger partial charge is 0.282 e. The Morgan fingerprint density at radius 2 is 1.90 bits per heavy atom. The first-order chi connectivity index (χ1) is 15.0. The van der Waals surface area contributed by atoms with E-state index in [0.29, 0.717) is 16.0 Å². The van der Waals surface area contributed by atoms with Crippen molar-refractivity contribution < 1.29 is 19.0 Å². The van der Waals surface area contributed by atoms with E-state index < -0.39 is 0 Å². The number of carbonyl (C=O) groups excluding carboxylic acids is 1. The van der Waals surface area contributed by atoms with E-state index in [9.17, 15) is 4.79 Å². The molecule has 1 aromatic heterocycles. The first kappa shape index (κ1) is 21.2. The fourth-order valence-electron chi connectivity index (χ4n) is 3.09. The molecule has 1 unspecified atom stereocenters. The monoisotopic (exact) mass is 438 g/mol. The first-order valence-electron chi connectivity index (χ1n) is 10.4. The second-order valence-electron chi connectivity index (χ2n) is 7.82. The summed E-state index contributed by atoms with van der Waals surface area (Å²) in [4.78, 5) is 15.5. The van der Waals surface area contributed by atoms with Crippen LogP contribution < -0.4 is 19.5 Å². The van der Waals surface area contributed by atoms with Gasteiger partial charge in [0.15, 0.2) is 0 Å². The molecule has 0 bridgehead atoms. The maximum atomic E-state index is 11.2. The number of hydrogen-bond acceptors (Lipinski definition) is 6. The largest absolute Gasteiger partial charge is 0.493 e. The molecule has 3 aromatic rings. The molecule has 1 aliphatic carbocycles. The number of thiazole rings is 1. The van der Waals surface area contributed by atoms with Gasteiger partial charge in [-0.1, -0.05) is 12.1 Å². The molecular formula is C24H26N2O4S. The quantitative estimate of drug-likeness (QED) is 0.442. The summed E-state index contributed by atoms with van der Waals surface area (Å²) < 4.78 is 17.6. The molecule has 1 heterocycles. The standard InChI is InChI=1S/C24H26N2O4S/c1-15-12-21(28-14-18-4-5-18)10-11-22(15)30-24-25-13-23(31-24)29-20-8-6-19(7-9-20)16(2)26-17(3)27/h6-13,16,18H,4-5,14H2,1-3H3,(H,26,27).